The van der Waals surface area contributed by atoms with Crippen LogP contribution in [-0.2, 0) is 16.0 Å². The van der Waals surface area contributed by atoms with Crippen molar-refractivity contribution in [2.24, 2.45) is 10.4 Å². The monoisotopic (exact) mass is 567 g/mol. The lowest BCUT2D eigenvalue weighted by molar-refractivity contribution is -0.285. The van der Waals surface area contributed by atoms with Crippen molar-refractivity contribution in [3.8, 4) is 5.75 Å². The molecule has 2 aliphatic heterocycles. The van der Waals surface area contributed by atoms with Gasteiger partial charge in [0, 0.05) is 23.0 Å². The number of halogens is 2. The summed E-state index contributed by atoms with van der Waals surface area (Å²) in [6, 6.07) is 10.9. The Hall–Kier alpha value is -2.49. The van der Waals surface area contributed by atoms with Crippen LogP contribution in [0.4, 0.5) is 14.9 Å². The Morgan fingerprint density at radius 2 is 1.87 bits per heavy atom. The van der Waals surface area contributed by atoms with Gasteiger partial charge in [0.1, 0.15) is 0 Å². The van der Waals surface area contributed by atoms with Gasteiger partial charge in [-0.05, 0) is 50.6 Å². The standard InChI is InChI=1S/C26H33ClFN4O5P/c1-5-38-37-21-11-10-19(12-20(21)28)29-22-30-23(33)32(14-26(4)15-35-25(2,3)36-16-26)24(34)31(22)13-17-6-8-18(27)9-7-17/h6-12,24,34,38H,5,13-16H2,1-4H3,(H,29,30,33)/p+1. The lowest BCUT2D eigenvalue weighted by atomic mass is 9.90. The second-order valence-electron chi connectivity index (χ2n) is 10.2. The van der Waals surface area contributed by atoms with Gasteiger partial charge in [-0.3, -0.25) is 15.1 Å². The third kappa shape index (κ3) is 6.93. The average Bonchev–Trinajstić information content (AvgIpc) is 2.87. The van der Waals surface area contributed by atoms with Crippen molar-refractivity contribution in [1.82, 2.24) is 15.1 Å². The molecule has 0 bridgehead atoms. The molecule has 2 unspecified atom stereocenters. The van der Waals surface area contributed by atoms with Crippen LogP contribution in [0.1, 0.15) is 33.3 Å². The minimum Gasteiger partial charge on any atom is -0.356 e. The van der Waals surface area contributed by atoms with Gasteiger partial charge < -0.3 is 19.1 Å². The van der Waals surface area contributed by atoms with E-state index in [1.54, 1.807) is 18.2 Å². The summed E-state index contributed by atoms with van der Waals surface area (Å²) in [7, 11) is -0.341. The van der Waals surface area contributed by atoms with Gasteiger partial charge in [-0.25, -0.2) is 14.2 Å². The van der Waals surface area contributed by atoms with Crippen molar-refractivity contribution in [2.75, 3.05) is 25.9 Å². The molecule has 4 rings (SSSR count). The summed E-state index contributed by atoms with van der Waals surface area (Å²) in [5.74, 6) is -1.01. The van der Waals surface area contributed by atoms with Gasteiger partial charge in [-0.2, -0.15) is 0 Å². The van der Waals surface area contributed by atoms with E-state index >= 15 is 0 Å². The summed E-state index contributed by atoms with van der Waals surface area (Å²) in [6.07, 6.45) is -0.524. The van der Waals surface area contributed by atoms with Crippen LogP contribution in [0.3, 0.4) is 0 Å². The Labute approximate surface area is 228 Å². The molecule has 0 spiro atoms. The predicted molar refractivity (Wildman–Crippen MR) is 147 cm³/mol. The zero-order valence-corrected chi connectivity index (χ0v) is 23.8. The van der Waals surface area contributed by atoms with Gasteiger partial charge >= 0.3 is 6.03 Å². The lowest BCUT2D eigenvalue weighted by Gasteiger charge is -2.47. The molecule has 2 N–H and O–H groups in total. The molecule has 2 saturated heterocycles. The number of ether oxygens (including phenoxy) is 2. The summed E-state index contributed by atoms with van der Waals surface area (Å²) < 4.78 is 31.7. The Morgan fingerprint density at radius 1 is 1.18 bits per heavy atom. The van der Waals surface area contributed by atoms with Crippen LogP contribution in [0.25, 0.3) is 0 Å². The summed E-state index contributed by atoms with van der Waals surface area (Å²) in [4.78, 5) is 20.5. The predicted octanol–water partition coefficient (Wildman–Crippen LogP) is 4.78. The average molecular weight is 568 g/mol. The molecule has 2 atom stereocenters. The largest absolute Gasteiger partial charge is 0.356 e. The third-order valence-electron chi connectivity index (χ3n) is 6.19. The van der Waals surface area contributed by atoms with Crippen molar-refractivity contribution in [3.05, 3.63) is 58.9 Å². The van der Waals surface area contributed by atoms with Crippen LogP contribution < -0.4 is 9.84 Å². The molecule has 0 saturated carbocycles. The fourth-order valence-corrected chi connectivity index (χ4v) is 4.71. The molecule has 2 heterocycles. The van der Waals surface area contributed by atoms with E-state index in [1.807, 2.05) is 39.8 Å². The minimum atomic E-state index is -1.36. The number of guanidine groups is 1. The number of hydrogen-bond donors (Lipinski definition) is 2. The van der Waals surface area contributed by atoms with Crippen LogP contribution in [-0.4, -0.2) is 65.0 Å². The molecule has 2 aromatic carbocycles. The molecule has 0 aliphatic carbocycles. The smallest absolute Gasteiger partial charge is 0.327 e. The zero-order valence-electron chi connectivity index (χ0n) is 21.9. The number of carbonyl (C=O) groups excluding carboxylic acids is 1. The number of hydrogen-bond acceptors (Lipinski definition) is 6. The first-order valence-corrected chi connectivity index (χ1v) is 14.1. The van der Waals surface area contributed by atoms with E-state index in [9.17, 15) is 14.3 Å². The summed E-state index contributed by atoms with van der Waals surface area (Å²) in [5.41, 5.74) is 0.544. The molecule has 0 aromatic heterocycles. The highest BCUT2D eigenvalue weighted by molar-refractivity contribution is 7.32. The molecule has 38 heavy (non-hydrogen) atoms. The number of benzene rings is 2. The SMILES string of the molecule is CC[PH2+]Oc1ccc(N=C2NC(=O)N(CC3(C)COC(C)(C)OC3)C(O)N2Cc2ccc(Cl)cc2)cc1F. The number of nitrogens with zero attached hydrogens (tertiary/aromatic N) is 3. The quantitative estimate of drug-likeness (QED) is 0.446. The van der Waals surface area contributed by atoms with Gasteiger partial charge in [0.15, 0.2) is 20.4 Å². The van der Waals surface area contributed by atoms with Gasteiger partial charge in [-0.1, -0.05) is 30.7 Å². The molecule has 2 amide bonds. The molecule has 2 aromatic rings. The minimum absolute atomic E-state index is 0.0865. The van der Waals surface area contributed by atoms with Gasteiger partial charge in [0.25, 0.3) is 0 Å². The number of urea groups is 1. The lowest BCUT2D eigenvalue weighted by Crippen LogP contribution is -2.67. The zero-order chi connectivity index (χ0) is 27.5. The molecule has 2 aliphatic rings. The van der Waals surface area contributed by atoms with Crippen LogP contribution in [0.2, 0.25) is 5.02 Å². The Kier molecular flexibility index (Phi) is 8.79. The highest BCUT2D eigenvalue weighted by Crippen LogP contribution is 2.32. The second-order valence-corrected chi connectivity index (χ2v) is 12.0. The van der Waals surface area contributed by atoms with Crippen LogP contribution in [0, 0.1) is 11.2 Å². The number of nitrogens with one attached hydrogen (secondary N) is 1. The fraction of sp³-hybridized carbons (Fsp3) is 0.462. The van der Waals surface area contributed by atoms with E-state index in [2.05, 4.69) is 10.3 Å². The molecule has 9 nitrogen and oxygen atoms in total. The van der Waals surface area contributed by atoms with Crippen molar-refractivity contribution in [2.45, 2.75) is 46.4 Å². The maximum atomic E-state index is 14.6. The maximum Gasteiger partial charge on any atom is 0.327 e. The van der Waals surface area contributed by atoms with Gasteiger partial charge in [0.05, 0.1) is 31.6 Å². The van der Waals surface area contributed by atoms with Crippen LogP contribution >= 0.6 is 20.4 Å². The Morgan fingerprint density at radius 3 is 2.50 bits per heavy atom. The summed E-state index contributed by atoms with van der Waals surface area (Å²) in [5, 5.41) is 14.8. The van der Waals surface area contributed by atoms with Crippen LogP contribution in [0.15, 0.2) is 47.5 Å². The molecule has 206 valence electrons. The van der Waals surface area contributed by atoms with Crippen molar-refractivity contribution < 1.29 is 28.3 Å². The molecular weight excluding hydrogens is 534 g/mol. The van der Waals surface area contributed by atoms with E-state index < -0.39 is 29.4 Å². The summed E-state index contributed by atoms with van der Waals surface area (Å²) >= 11 is 6.04. The van der Waals surface area contributed by atoms with E-state index in [4.69, 9.17) is 25.6 Å². The number of aliphatic imine (C=N–C) groups is 1. The highest BCUT2D eigenvalue weighted by atomic mass is 35.5. The van der Waals surface area contributed by atoms with E-state index in [0.717, 1.165) is 11.7 Å². The topological polar surface area (TPSA) is 95.9 Å². The van der Waals surface area contributed by atoms with Crippen molar-refractivity contribution in [1.29, 1.82) is 0 Å². The number of rotatable bonds is 8. The molecule has 2 fully saturated rings. The van der Waals surface area contributed by atoms with Crippen molar-refractivity contribution >= 4 is 38.1 Å². The van der Waals surface area contributed by atoms with Gasteiger partial charge in [-0.15, -0.1) is 0 Å². The highest BCUT2D eigenvalue weighted by Gasteiger charge is 2.43. The van der Waals surface area contributed by atoms with E-state index in [0.29, 0.717) is 18.2 Å². The molecular formula is C26H34ClFN4O5P+. The Bertz CT molecular complexity index is 1170. The van der Waals surface area contributed by atoms with Crippen LogP contribution in [0.5, 0.6) is 5.75 Å². The first-order chi connectivity index (χ1) is 18.0. The van der Waals surface area contributed by atoms with Gasteiger partial charge in [0.2, 0.25) is 18.1 Å². The first kappa shape index (κ1) is 28.5. The first-order valence-electron chi connectivity index (χ1n) is 12.4. The number of carbonyl (C=O) groups is 1. The molecule has 0 radical (unpaired) electrons. The fourth-order valence-electron chi connectivity index (χ4n) is 4.04. The second kappa shape index (κ2) is 11.7. The summed E-state index contributed by atoms with van der Waals surface area (Å²) in [6.45, 7) is 8.64. The van der Waals surface area contributed by atoms with E-state index in [1.165, 1.54) is 21.9 Å². The molecule has 12 heteroatoms. The van der Waals surface area contributed by atoms with Crippen molar-refractivity contribution in [3.63, 3.8) is 0 Å². The maximum absolute atomic E-state index is 14.6. The normalized spacial score (nSPS) is 22.2. The number of aliphatic hydroxyl groups is 1. The Balaban J connectivity index is 1.61. The number of aliphatic hydroxyl groups excluding tert-OH is 1. The third-order valence-corrected chi connectivity index (χ3v) is 7.20. The van der Waals surface area contributed by atoms with E-state index in [-0.39, 0.29) is 39.3 Å². The number of amides is 2.